The third kappa shape index (κ3) is 3.46. The molecule has 0 saturated heterocycles. The van der Waals surface area contributed by atoms with Crippen molar-refractivity contribution in [3.63, 3.8) is 0 Å². The maximum absolute atomic E-state index is 12.6. The standard InChI is InChI=1S/C20H23N3OS/c1-12(2)23-8-7-16-17(10-21)20(25-18(16)11-23)22-19(24)15-6-5-13(3)14(4)9-15/h5-6,9,12H,7-8,11H2,1-4H3,(H,22,24). The average Bonchev–Trinajstić information content (AvgIpc) is 2.93. The van der Waals surface area contributed by atoms with E-state index in [0.717, 1.165) is 36.2 Å². The van der Waals surface area contributed by atoms with Gasteiger partial charge in [-0.3, -0.25) is 9.69 Å². The molecule has 4 nitrogen and oxygen atoms in total. The van der Waals surface area contributed by atoms with Gasteiger partial charge in [-0.1, -0.05) is 6.07 Å². The molecule has 3 rings (SSSR count). The number of fused-ring (bicyclic) bond motifs is 1. The number of aryl methyl sites for hydroxylation is 2. The highest BCUT2D eigenvalue weighted by Gasteiger charge is 2.26. The minimum Gasteiger partial charge on any atom is -0.312 e. The minimum absolute atomic E-state index is 0.154. The number of carbonyl (C=O) groups is 1. The van der Waals surface area contributed by atoms with Crippen molar-refractivity contribution in [1.82, 2.24) is 4.90 Å². The van der Waals surface area contributed by atoms with Gasteiger partial charge in [0.1, 0.15) is 11.1 Å². The molecular weight excluding hydrogens is 330 g/mol. The van der Waals surface area contributed by atoms with Crippen LogP contribution in [0.25, 0.3) is 0 Å². The molecule has 0 saturated carbocycles. The summed E-state index contributed by atoms with van der Waals surface area (Å²) in [6.45, 7) is 10.2. The van der Waals surface area contributed by atoms with Gasteiger partial charge in [0, 0.05) is 29.6 Å². The molecule has 0 aliphatic carbocycles. The summed E-state index contributed by atoms with van der Waals surface area (Å²) < 4.78 is 0. The lowest BCUT2D eigenvalue weighted by molar-refractivity contribution is 0.102. The molecular formula is C20H23N3OS. The third-order valence-corrected chi connectivity index (χ3v) is 6.06. The van der Waals surface area contributed by atoms with Gasteiger partial charge in [0.25, 0.3) is 5.91 Å². The van der Waals surface area contributed by atoms with Crippen LogP contribution in [0.4, 0.5) is 5.00 Å². The molecule has 0 spiro atoms. The van der Waals surface area contributed by atoms with Crippen LogP contribution in [-0.4, -0.2) is 23.4 Å². The van der Waals surface area contributed by atoms with Gasteiger partial charge in [-0.15, -0.1) is 11.3 Å². The first kappa shape index (κ1) is 17.7. The second kappa shape index (κ2) is 6.99. The van der Waals surface area contributed by atoms with Crippen molar-refractivity contribution in [2.45, 2.75) is 46.7 Å². The highest BCUT2D eigenvalue weighted by molar-refractivity contribution is 7.16. The Hall–Kier alpha value is -2.16. The molecule has 25 heavy (non-hydrogen) atoms. The van der Waals surface area contributed by atoms with Crippen LogP contribution in [0.5, 0.6) is 0 Å². The molecule has 0 atom stereocenters. The van der Waals surface area contributed by atoms with E-state index in [2.05, 4.69) is 30.1 Å². The number of nitrogens with one attached hydrogen (secondary N) is 1. The van der Waals surface area contributed by atoms with Crippen LogP contribution < -0.4 is 5.32 Å². The number of amides is 1. The predicted octanol–water partition coefficient (Wildman–Crippen LogP) is 4.26. The lowest BCUT2D eigenvalue weighted by atomic mass is 10.0. The van der Waals surface area contributed by atoms with E-state index in [1.807, 2.05) is 32.0 Å². The zero-order valence-corrected chi connectivity index (χ0v) is 16.0. The van der Waals surface area contributed by atoms with Crippen LogP contribution in [-0.2, 0) is 13.0 Å². The van der Waals surface area contributed by atoms with E-state index in [1.54, 1.807) is 11.3 Å². The molecule has 1 aromatic carbocycles. The van der Waals surface area contributed by atoms with Crippen molar-refractivity contribution in [1.29, 1.82) is 5.26 Å². The smallest absolute Gasteiger partial charge is 0.256 e. The lowest BCUT2D eigenvalue weighted by Crippen LogP contribution is -2.35. The zero-order valence-electron chi connectivity index (χ0n) is 15.1. The fraction of sp³-hybridized carbons (Fsp3) is 0.400. The Morgan fingerprint density at radius 3 is 2.72 bits per heavy atom. The first-order valence-corrected chi connectivity index (χ1v) is 9.39. The first-order valence-electron chi connectivity index (χ1n) is 8.58. The van der Waals surface area contributed by atoms with E-state index in [1.165, 1.54) is 4.88 Å². The van der Waals surface area contributed by atoms with Crippen molar-refractivity contribution in [3.8, 4) is 6.07 Å². The summed E-state index contributed by atoms with van der Waals surface area (Å²) in [4.78, 5) is 16.2. The number of anilines is 1. The fourth-order valence-corrected chi connectivity index (χ4v) is 4.35. The predicted molar refractivity (Wildman–Crippen MR) is 102 cm³/mol. The Morgan fingerprint density at radius 1 is 1.32 bits per heavy atom. The monoisotopic (exact) mass is 353 g/mol. The Balaban J connectivity index is 1.87. The van der Waals surface area contributed by atoms with Gasteiger partial charge in [-0.05, 0) is 62.9 Å². The summed E-state index contributed by atoms with van der Waals surface area (Å²) in [7, 11) is 0. The normalized spacial score (nSPS) is 14.2. The number of nitriles is 1. The summed E-state index contributed by atoms with van der Waals surface area (Å²) in [5, 5.41) is 13.2. The van der Waals surface area contributed by atoms with E-state index >= 15 is 0 Å². The number of thiophene rings is 1. The molecule has 5 heteroatoms. The van der Waals surface area contributed by atoms with Crippen molar-refractivity contribution < 1.29 is 4.79 Å². The molecule has 1 aliphatic rings. The molecule has 2 aromatic rings. The Kier molecular flexibility index (Phi) is 4.94. The largest absolute Gasteiger partial charge is 0.312 e. The zero-order chi connectivity index (χ0) is 18.1. The fourth-order valence-electron chi connectivity index (χ4n) is 3.13. The van der Waals surface area contributed by atoms with E-state index in [-0.39, 0.29) is 5.91 Å². The highest BCUT2D eigenvalue weighted by Crippen LogP contribution is 2.37. The summed E-state index contributed by atoms with van der Waals surface area (Å²) in [5.41, 5.74) is 4.63. The van der Waals surface area contributed by atoms with E-state index < -0.39 is 0 Å². The van der Waals surface area contributed by atoms with Crippen molar-refractivity contribution in [2.75, 3.05) is 11.9 Å². The van der Waals surface area contributed by atoms with Gasteiger partial charge in [0.2, 0.25) is 0 Å². The van der Waals surface area contributed by atoms with Crippen LogP contribution in [0.15, 0.2) is 18.2 Å². The topological polar surface area (TPSA) is 56.1 Å². The van der Waals surface area contributed by atoms with Crippen LogP contribution in [0.1, 0.15) is 51.3 Å². The van der Waals surface area contributed by atoms with Crippen molar-refractivity contribution >= 4 is 22.2 Å². The van der Waals surface area contributed by atoms with Gasteiger partial charge in [0.15, 0.2) is 0 Å². The number of carbonyl (C=O) groups excluding carboxylic acids is 1. The van der Waals surface area contributed by atoms with E-state index in [0.29, 0.717) is 22.2 Å². The number of hydrogen-bond acceptors (Lipinski definition) is 4. The summed E-state index contributed by atoms with van der Waals surface area (Å²) in [6.07, 6.45) is 0.867. The maximum Gasteiger partial charge on any atom is 0.256 e. The second-order valence-corrected chi connectivity index (χ2v) is 7.99. The van der Waals surface area contributed by atoms with Crippen LogP contribution >= 0.6 is 11.3 Å². The highest BCUT2D eigenvalue weighted by atomic mass is 32.1. The summed E-state index contributed by atoms with van der Waals surface area (Å²) in [6, 6.07) is 8.46. The number of nitrogens with zero attached hydrogens (tertiary/aromatic N) is 2. The molecule has 0 radical (unpaired) electrons. The van der Waals surface area contributed by atoms with E-state index in [4.69, 9.17) is 0 Å². The van der Waals surface area contributed by atoms with Gasteiger partial charge in [0.05, 0.1) is 5.56 Å². The van der Waals surface area contributed by atoms with Crippen molar-refractivity contribution in [2.24, 2.45) is 0 Å². The Bertz CT molecular complexity index is 861. The molecule has 0 fully saturated rings. The molecule has 2 heterocycles. The van der Waals surface area contributed by atoms with Crippen LogP contribution in [0.2, 0.25) is 0 Å². The van der Waals surface area contributed by atoms with Gasteiger partial charge in [-0.2, -0.15) is 5.26 Å². The quantitative estimate of drug-likeness (QED) is 0.897. The number of rotatable bonds is 3. The summed E-state index contributed by atoms with van der Waals surface area (Å²) in [5.74, 6) is -0.154. The molecule has 1 aliphatic heterocycles. The average molecular weight is 353 g/mol. The number of hydrogen-bond donors (Lipinski definition) is 1. The van der Waals surface area contributed by atoms with Crippen LogP contribution in [0, 0.1) is 25.2 Å². The third-order valence-electron chi connectivity index (χ3n) is 4.92. The molecule has 1 amide bonds. The van der Waals surface area contributed by atoms with Gasteiger partial charge in [-0.25, -0.2) is 0 Å². The molecule has 1 aromatic heterocycles. The van der Waals surface area contributed by atoms with Gasteiger partial charge >= 0.3 is 0 Å². The SMILES string of the molecule is Cc1ccc(C(=O)Nc2sc3c(c2C#N)CCN(C(C)C)C3)cc1C. The minimum atomic E-state index is -0.154. The van der Waals surface area contributed by atoms with Crippen LogP contribution in [0.3, 0.4) is 0 Å². The molecule has 0 bridgehead atoms. The maximum atomic E-state index is 12.6. The second-order valence-electron chi connectivity index (χ2n) is 6.89. The molecule has 0 unspecified atom stereocenters. The van der Waals surface area contributed by atoms with Gasteiger partial charge < -0.3 is 5.32 Å². The lowest BCUT2D eigenvalue weighted by Gasteiger charge is -2.30. The Labute approximate surface area is 153 Å². The summed E-state index contributed by atoms with van der Waals surface area (Å²) >= 11 is 1.54. The number of benzene rings is 1. The van der Waals surface area contributed by atoms with Crippen molar-refractivity contribution in [3.05, 3.63) is 50.9 Å². The first-order chi connectivity index (χ1) is 11.9. The Morgan fingerprint density at radius 2 is 2.08 bits per heavy atom. The molecule has 130 valence electrons. The molecule has 1 N–H and O–H groups in total. The van der Waals surface area contributed by atoms with E-state index in [9.17, 15) is 10.1 Å².